The third-order valence-corrected chi connectivity index (χ3v) is 4.52. The molecule has 1 fully saturated rings. The summed E-state index contributed by atoms with van der Waals surface area (Å²) >= 11 is 0. The highest BCUT2D eigenvalue weighted by molar-refractivity contribution is 5.06. The van der Waals surface area contributed by atoms with Gasteiger partial charge in [0, 0.05) is 18.7 Å². The largest absolute Gasteiger partial charge is 0.389 e. The van der Waals surface area contributed by atoms with E-state index in [-0.39, 0.29) is 5.41 Å². The zero-order valence-corrected chi connectivity index (χ0v) is 12.8. The lowest BCUT2D eigenvalue weighted by atomic mass is 9.68. The molecule has 0 aromatic carbocycles. The van der Waals surface area contributed by atoms with Crippen LogP contribution in [0.5, 0.6) is 0 Å². The monoisotopic (exact) mass is 264 g/mol. The van der Waals surface area contributed by atoms with Gasteiger partial charge in [-0.2, -0.15) is 5.10 Å². The third kappa shape index (κ3) is 3.59. The van der Waals surface area contributed by atoms with Crippen molar-refractivity contribution in [1.82, 2.24) is 9.78 Å². The molecule has 2 rings (SSSR count). The normalized spacial score (nSPS) is 28.3. The fraction of sp³-hybridized carbons (Fsp3) is 0.812. The Kier molecular flexibility index (Phi) is 4.05. The molecule has 1 aliphatic rings. The van der Waals surface area contributed by atoms with Gasteiger partial charge in [-0.3, -0.25) is 4.68 Å². The lowest BCUT2D eigenvalue weighted by Gasteiger charge is -2.41. The van der Waals surface area contributed by atoms with E-state index in [4.69, 9.17) is 0 Å². The molecule has 0 radical (unpaired) electrons. The van der Waals surface area contributed by atoms with Gasteiger partial charge >= 0.3 is 0 Å². The van der Waals surface area contributed by atoms with Gasteiger partial charge in [-0.25, -0.2) is 0 Å². The van der Waals surface area contributed by atoms with Crippen LogP contribution in [-0.4, -0.2) is 20.5 Å². The van der Waals surface area contributed by atoms with Crippen LogP contribution in [0.25, 0.3) is 0 Å². The first-order valence-corrected chi connectivity index (χ1v) is 7.60. The zero-order chi connectivity index (χ0) is 14.1. The van der Waals surface area contributed by atoms with Crippen LogP contribution < -0.4 is 0 Å². The van der Waals surface area contributed by atoms with E-state index in [0.29, 0.717) is 12.5 Å². The van der Waals surface area contributed by atoms with Gasteiger partial charge < -0.3 is 5.11 Å². The molecule has 1 aliphatic carbocycles. The Bertz CT molecular complexity index is 424. The summed E-state index contributed by atoms with van der Waals surface area (Å²) in [6.07, 6.45) is 7.95. The van der Waals surface area contributed by atoms with Crippen LogP contribution in [0.1, 0.15) is 71.5 Å². The maximum atomic E-state index is 10.8. The molecule has 108 valence electrons. The molecule has 19 heavy (non-hydrogen) atoms. The second-order valence-electron chi connectivity index (χ2n) is 7.14. The van der Waals surface area contributed by atoms with Crippen LogP contribution in [-0.2, 0) is 6.42 Å². The summed E-state index contributed by atoms with van der Waals surface area (Å²) in [5, 5.41) is 15.4. The molecule has 2 unspecified atom stereocenters. The third-order valence-electron chi connectivity index (χ3n) is 4.52. The van der Waals surface area contributed by atoms with Gasteiger partial charge in [-0.15, -0.1) is 0 Å². The highest BCUT2D eigenvalue weighted by Gasteiger charge is 2.38. The number of hydrogen-bond acceptors (Lipinski definition) is 2. The van der Waals surface area contributed by atoms with Gasteiger partial charge in [0.2, 0.25) is 0 Å². The number of hydrogen-bond donors (Lipinski definition) is 1. The SMILES string of the molecule is CCC(C)n1ccc(CC2(O)CCCC(C)(C)C2)n1. The Morgan fingerprint density at radius 3 is 2.79 bits per heavy atom. The molecule has 1 aromatic heterocycles. The van der Waals surface area contributed by atoms with Crippen molar-refractivity contribution in [2.45, 2.75) is 77.9 Å². The summed E-state index contributed by atoms with van der Waals surface area (Å²) in [5.41, 5.74) is 0.725. The summed E-state index contributed by atoms with van der Waals surface area (Å²) in [6.45, 7) is 8.86. The molecule has 1 N–H and O–H groups in total. The first-order chi connectivity index (χ1) is 8.84. The van der Waals surface area contributed by atoms with Crippen LogP contribution in [0.15, 0.2) is 12.3 Å². The Labute approximate surface area is 117 Å². The molecule has 0 amide bonds. The fourth-order valence-corrected chi connectivity index (χ4v) is 3.36. The quantitative estimate of drug-likeness (QED) is 0.900. The van der Waals surface area contributed by atoms with Crippen molar-refractivity contribution in [2.24, 2.45) is 5.41 Å². The maximum Gasteiger partial charge on any atom is 0.0708 e. The van der Waals surface area contributed by atoms with E-state index in [0.717, 1.165) is 31.4 Å². The minimum absolute atomic E-state index is 0.256. The van der Waals surface area contributed by atoms with Crippen molar-refractivity contribution in [2.75, 3.05) is 0 Å². The second-order valence-corrected chi connectivity index (χ2v) is 7.14. The van der Waals surface area contributed by atoms with Crippen LogP contribution in [0, 0.1) is 5.41 Å². The summed E-state index contributed by atoms with van der Waals surface area (Å²) in [5.74, 6) is 0. The van der Waals surface area contributed by atoms with Crippen molar-refractivity contribution in [3.63, 3.8) is 0 Å². The number of rotatable bonds is 4. The standard InChI is InChI=1S/C16H28N2O/c1-5-13(2)18-10-7-14(17-18)11-16(19)9-6-8-15(3,4)12-16/h7,10,13,19H,5-6,8-9,11-12H2,1-4H3. The minimum atomic E-state index is -0.559. The Morgan fingerprint density at radius 2 is 2.16 bits per heavy atom. The highest BCUT2D eigenvalue weighted by atomic mass is 16.3. The molecule has 1 aromatic rings. The molecule has 0 bridgehead atoms. The highest BCUT2D eigenvalue weighted by Crippen LogP contribution is 2.42. The van der Waals surface area contributed by atoms with Gasteiger partial charge in [0.1, 0.15) is 0 Å². The number of nitrogens with zero attached hydrogens (tertiary/aromatic N) is 2. The number of aliphatic hydroxyl groups is 1. The Morgan fingerprint density at radius 1 is 1.42 bits per heavy atom. The van der Waals surface area contributed by atoms with Crippen molar-refractivity contribution in [3.8, 4) is 0 Å². The topological polar surface area (TPSA) is 38.0 Å². The molecule has 3 heteroatoms. The van der Waals surface area contributed by atoms with Gasteiger partial charge in [-0.1, -0.05) is 27.2 Å². The molecule has 1 saturated carbocycles. The maximum absolute atomic E-state index is 10.8. The van der Waals surface area contributed by atoms with Crippen LogP contribution in [0.2, 0.25) is 0 Å². The van der Waals surface area contributed by atoms with Crippen molar-refractivity contribution >= 4 is 0 Å². The average Bonchev–Trinajstić information content (AvgIpc) is 2.73. The van der Waals surface area contributed by atoms with E-state index in [1.807, 2.05) is 10.9 Å². The molecular weight excluding hydrogens is 236 g/mol. The summed E-state index contributed by atoms with van der Waals surface area (Å²) < 4.78 is 2.02. The molecule has 0 aliphatic heterocycles. The van der Waals surface area contributed by atoms with E-state index < -0.39 is 5.60 Å². The van der Waals surface area contributed by atoms with E-state index in [2.05, 4.69) is 38.9 Å². The first-order valence-electron chi connectivity index (χ1n) is 7.60. The molecule has 3 nitrogen and oxygen atoms in total. The van der Waals surface area contributed by atoms with Crippen molar-refractivity contribution in [3.05, 3.63) is 18.0 Å². The molecule has 0 spiro atoms. The Balaban J connectivity index is 2.05. The average molecular weight is 264 g/mol. The molecular formula is C16H28N2O. The summed E-state index contributed by atoms with van der Waals surface area (Å²) in [6, 6.07) is 2.50. The van der Waals surface area contributed by atoms with Crippen LogP contribution in [0.4, 0.5) is 0 Å². The molecule has 1 heterocycles. The zero-order valence-electron chi connectivity index (χ0n) is 12.8. The minimum Gasteiger partial charge on any atom is -0.389 e. The fourth-order valence-electron chi connectivity index (χ4n) is 3.36. The first kappa shape index (κ1) is 14.6. The molecule has 2 atom stereocenters. The lowest BCUT2D eigenvalue weighted by Crippen LogP contribution is -2.40. The smallest absolute Gasteiger partial charge is 0.0708 e. The molecule has 0 saturated heterocycles. The van der Waals surface area contributed by atoms with Crippen LogP contribution in [0.3, 0.4) is 0 Å². The van der Waals surface area contributed by atoms with E-state index in [1.54, 1.807) is 0 Å². The predicted molar refractivity (Wildman–Crippen MR) is 78.1 cm³/mol. The van der Waals surface area contributed by atoms with E-state index in [9.17, 15) is 5.11 Å². The van der Waals surface area contributed by atoms with Crippen molar-refractivity contribution < 1.29 is 5.11 Å². The van der Waals surface area contributed by atoms with Crippen LogP contribution >= 0.6 is 0 Å². The van der Waals surface area contributed by atoms with E-state index >= 15 is 0 Å². The van der Waals surface area contributed by atoms with Gasteiger partial charge in [0.25, 0.3) is 0 Å². The second kappa shape index (κ2) is 5.28. The predicted octanol–water partition coefficient (Wildman–Crippen LogP) is 3.73. The number of aromatic nitrogens is 2. The van der Waals surface area contributed by atoms with Gasteiger partial charge in [0.15, 0.2) is 0 Å². The Hall–Kier alpha value is -0.830. The van der Waals surface area contributed by atoms with Crippen molar-refractivity contribution in [1.29, 1.82) is 0 Å². The van der Waals surface area contributed by atoms with Gasteiger partial charge in [0.05, 0.1) is 11.3 Å². The summed E-state index contributed by atoms with van der Waals surface area (Å²) in [7, 11) is 0. The van der Waals surface area contributed by atoms with E-state index in [1.165, 1.54) is 6.42 Å². The lowest BCUT2D eigenvalue weighted by molar-refractivity contribution is -0.0389. The van der Waals surface area contributed by atoms with Gasteiger partial charge in [-0.05, 0) is 44.1 Å². The summed E-state index contributed by atoms with van der Waals surface area (Å²) in [4.78, 5) is 0.